The molecule has 3 aromatic rings. The summed E-state index contributed by atoms with van der Waals surface area (Å²) in [6, 6.07) is 12.8. The predicted octanol–water partition coefficient (Wildman–Crippen LogP) is 4.99. The van der Waals surface area contributed by atoms with Gasteiger partial charge in [-0.15, -0.1) is 0 Å². The molecule has 8 heteroatoms. The molecule has 31 heavy (non-hydrogen) atoms. The lowest BCUT2D eigenvalue weighted by Gasteiger charge is -2.25. The molecule has 0 N–H and O–H groups in total. The summed E-state index contributed by atoms with van der Waals surface area (Å²) in [4.78, 5) is -0.225. The maximum atomic E-state index is 14.3. The zero-order valence-electron chi connectivity index (χ0n) is 17.6. The van der Waals surface area contributed by atoms with E-state index in [2.05, 4.69) is 0 Å². The van der Waals surface area contributed by atoms with Crippen molar-refractivity contribution < 1.29 is 26.7 Å². The van der Waals surface area contributed by atoms with Gasteiger partial charge in [-0.2, -0.15) is 0 Å². The molecule has 0 aliphatic carbocycles. The summed E-state index contributed by atoms with van der Waals surface area (Å²) in [6.45, 7) is 3.00. The Morgan fingerprint density at radius 2 is 1.42 bits per heavy atom. The van der Waals surface area contributed by atoms with Gasteiger partial charge in [-0.3, -0.25) is 4.31 Å². The quantitative estimate of drug-likeness (QED) is 0.512. The molecule has 164 valence electrons. The van der Waals surface area contributed by atoms with E-state index in [1.807, 2.05) is 0 Å². The van der Waals surface area contributed by atoms with Crippen LogP contribution in [0.1, 0.15) is 16.7 Å². The Hall–Kier alpha value is -3.13. The van der Waals surface area contributed by atoms with Crippen LogP contribution >= 0.6 is 0 Å². The molecule has 0 amide bonds. The van der Waals surface area contributed by atoms with E-state index >= 15 is 0 Å². The molecular formula is C23H23F2NO4S. The van der Waals surface area contributed by atoms with E-state index < -0.39 is 21.7 Å². The average Bonchev–Trinajstić information content (AvgIpc) is 2.75. The van der Waals surface area contributed by atoms with Gasteiger partial charge in [-0.05, 0) is 66.9 Å². The van der Waals surface area contributed by atoms with Crippen LogP contribution in [0.5, 0.6) is 11.5 Å². The number of ether oxygens (including phenoxy) is 2. The molecule has 0 aromatic heterocycles. The first-order valence-electron chi connectivity index (χ1n) is 9.43. The van der Waals surface area contributed by atoms with Crippen molar-refractivity contribution in [1.82, 2.24) is 0 Å². The van der Waals surface area contributed by atoms with Crippen LogP contribution in [0.2, 0.25) is 0 Å². The van der Waals surface area contributed by atoms with Gasteiger partial charge in [0.1, 0.15) is 11.6 Å². The first-order valence-corrected chi connectivity index (χ1v) is 10.9. The molecule has 3 aromatic carbocycles. The molecule has 0 saturated carbocycles. The van der Waals surface area contributed by atoms with E-state index in [4.69, 9.17) is 9.47 Å². The van der Waals surface area contributed by atoms with Crippen molar-refractivity contribution in [2.75, 3.05) is 18.5 Å². The third-order valence-electron chi connectivity index (χ3n) is 4.95. The summed E-state index contributed by atoms with van der Waals surface area (Å²) < 4.78 is 66.9. The fourth-order valence-electron chi connectivity index (χ4n) is 3.06. The highest BCUT2D eigenvalue weighted by atomic mass is 32.2. The highest BCUT2D eigenvalue weighted by Gasteiger charge is 2.27. The Balaban J connectivity index is 2.13. The third-order valence-corrected chi connectivity index (χ3v) is 6.72. The van der Waals surface area contributed by atoms with E-state index in [-0.39, 0.29) is 17.1 Å². The van der Waals surface area contributed by atoms with Crippen molar-refractivity contribution in [3.8, 4) is 11.5 Å². The first kappa shape index (κ1) is 22.6. The van der Waals surface area contributed by atoms with Crippen LogP contribution in [0.15, 0.2) is 59.5 Å². The van der Waals surface area contributed by atoms with E-state index in [1.54, 1.807) is 32.0 Å². The monoisotopic (exact) mass is 447 g/mol. The van der Waals surface area contributed by atoms with Crippen molar-refractivity contribution in [2.45, 2.75) is 25.3 Å². The molecule has 0 fully saturated rings. The SMILES string of the molecule is COc1ccc(CN(c2ccc(C)c(F)c2)S(=O)(=O)c2ccc(C)c(F)c2)cc1OC. The largest absolute Gasteiger partial charge is 0.493 e. The number of rotatable bonds is 7. The Labute approximate surface area is 180 Å². The van der Waals surface area contributed by atoms with Gasteiger partial charge < -0.3 is 9.47 Å². The number of sulfonamides is 1. The fraction of sp³-hybridized carbons (Fsp3) is 0.217. The number of halogens is 2. The van der Waals surface area contributed by atoms with Crippen LogP contribution in [0.25, 0.3) is 0 Å². The van der Waals surface area contributed by atoms with Crippen LogP contribution in [-0.4, -0.2) is 22.6 Å². The minimum Gasteiger partial charge on any atom is -0.493 e. The molecule has 0 saturated heterocycles. The van der Waals surface area contributed by atoms with Crippen molar-refractivity contribution in [3.63, 3.8) is 0 Å². The number of methoxy groups -OCH3 is 2. The normalized spacial score (nSPS) is 11.3. The number of anilines is 1. The number of nitrogens with zero attached hydrogens (tertiary/aromatic N) is 1. The summed E-state index contributed by atoms with van der Waals surface area (Å²) in [5.41, 5.74) is 1.41. The average molecular weight is 448 g/mol. The maximum absolute atomic E-state index is 14.3. The molecule has 0 atom stereocenters. The number of aryl methyl sites for hydroxylation is 2. The van der Waals surface area contributed by atoms with E-state index in [1.165, 1.54) is 38.5 Å². The molecule has 0 bridgehead atoms. The standard InChI is InChI=1S/C23H23F2NO4S/c1-15-5-8-18(12-20(15)24)26(14-17-7-10-22(29-3)23(11-17)30-4)31(27,28)19-9-6-16(2)21(25)13-19/h5-13H,14H2,1-4H3. The molecule has 0 aliphatic heterocycles. The maximum Gasteiger partial charge on any atom is 0.264 e. The predicted molar refractivity (Wildman–Crippen MR) is 115 cm³/mol. The van der Waals surface area contributed by atoms with Gasteiger partial charge in [-0.1, -0.05) is 18.2 Å². The van der Waals surface area contributed by atoms with Crippen LogP contribution in [0.4, 0.5) is 14.5 Å². The van der Waals surface area contributed by atoms with Gasteiger partial charge in [0, 0.05) is 0 Å². The van der Waals surface area contributed by atoms with E-state index in [9.17, 15) is 17.2 Å². The summed E-state index contributed by atoms with van der Waals surface area (Å²) in [7, 11) is -1.23. The molecule has 0 radical (unpaired) electrons. The summed E-state index contributed by atoms with van der Waals surface area (Å²) in [5.74, 6) is -0.265. The lowest BCUT2D eigenvalue weighted by atomic mass is 10.1. The third kappa shape index (κ3) is 4.64. The highest BCUT2D eigenvalue weighted by Crippen LogP contribution is 2.32. The summed E-state index contributed by atoms with van der Waals surface area (Å²) in [5, 5.41) is 0. The van der Waals surface area contributed by atoms with Gasteiger partial charge in [0.15, 0.2) is 11.5 Å². The Morgan fingerprint density at radius 1 is 0.806 bits per heavy atom. The molecule has 5 nitrogen and oxygen atoms in total. The Morgan fingerprint density at radius 3 is 2.00 bits per heavy atom. The van der Waals surface area contributed by atoms with Crippen molar-refractivity contribution in [2.24, 2.45) is 0 Å². The minimum absolute atomic E-state index is 0.124. The minimum atomic E-state index is -4.20. The van der Waals surface area contributed by atoms with Gasteiger partial charge >= 0.3 is 0 Å². The van der Waals surface area contributed by atoms with Crippen molar-refractivity contribution in [3.05, 3.63) is 82.9 Å². The van der Waals surface area contributed by atoms with E-state index in [0.717, 1.165) is 16.4 Å². The topological polar surface area (TPSA) is 55.8 Å². The van der Waals surface area contributed by atoms with E-state index in [0.29, 0.717) is 28.2 Å². The smallest absolute Gasteiger partial charge is 0.264 e. The van der Waals surface area contributed by atoms with Crippen LogP contribution < -0.4 is 13.8 Å². The van der Waals surface area contributed by atoms with Crippen LogP contribution in [0.3, 0.4) is 0 Å². The zero-order chi connectivity index (χ0) is 22.8. The molecule has 0 heterocycles. The molecule has 0 spiro atoms. The lowest BCUT2D eigenvalue weighted by Crippen LogP contribution is -2.31. The van der Waals surface area contributed by atoms with Gasteiger partial charge in [0.2, 0.25) is 0 Å². The second kappa shape index (κ2) is 8.93. The molecule has 0 unspecified atom stereocenters. The van der Waals surface area contributed by atoms with Gasteiger partial charge in [0.25, 0.3) is 10.0 Å². The summed E-state index contributed by atoms with van der Waals surface area (Å²) >= 11 is 0. The molecule has 0 aliphatic rings. The number of benzene rings is 3. The Kier molecular flexibility index (Phi) is 6.50. The molecular weight excluding hydrogens is 424 g/mol. The Bertz CT molecular complexity index is 1210. The highest BCUT2D eigenvalue weighted by molar-refractivity contribution is 7.92. The van der Waals surface area contributed by atoms with Gasteiger partial charge in [-0.25, -0.2) is 17.2 Å². The second-order valence-corrected chi connectivity index (χ2v) is 8.91. The number of hydrogen-bond acceptors (Lipinski definition) is 4. The zero-order valence-corrected chi connectivity index (χ0v) is 18.5. The fourth-order valence-corrected chi connectivity index (χ4v) is 4.52. The second-order valence-electron chi connectivity index (χ2n) is 7.05. The van der Waals surface area contributed by atoms with Crippen molar-refractivity contribution in [1.29, 1.82) is 0 Å². The van der Waals surface area contributed by atoms with Crippen LogP contribution in [-0.2, 0) is 16.6 Å². The lowest BCUT2D eigenvalue weighted by molar-refractivity contribution is 0.354. The van der Waals surface area contributed by atoms with Crippen LogP contribution in [0, 0.1) is 25.5 Å². The first-order chi connectivity index (χ1) is 14.7. The van der Waals surface area contributed by atoms with Gasteiger partial charge in [0.05, 0.1) is 31.3 Å². The summed E-state index contributed by atoms with van der Waals surface area (Å²) in [6.07, 6.45) is 0. The van der Waals surface area contributed by atoms with Crippen molar-refractivity contribution >= 4 is 15.7 Å². The number of hydrogen-bond donors (Lipinski definition) is 0. The molecule has 3 rings (SSSR count).